The van der Waals surface area contributed by atoms with Crippen LogP contribution < -0.4 is 5.32 Å². The molecule has 0 aliphatic carbocycles. The molecule has 3 aromatic rings. The van der Waals surface area contributed by atoms with Crippen molar-refractivity contribution in [1.29, 1.82) is 0 Å². The van der Waals surface area contributed by atoms with Crippen molar-refractivity contribution in [2.45, 2.75) is 57.4 Å². The molecule has 1 aliphatic rings. The number of nitrogens with one attached hydrogen (secondary N) is 1. The van der Waals surface area contributed by atoms with Gasteiger partial charge in [-0.3, -0.25) is 8.98 Å². The SMILES string of the molecule is CC(=O)N[C@H]1[C@@H](OCc2ccccc2)O[C@H](COCc2ccccc2)[C@@H](OS(C)(=O)=O)[C@@H]1OCc1ccccc1. The van der Waals surface area contributed by atoms with Gasteiger partial charge in [-0.2, -0.15) is 8.42 Å². The maximum absolute atomic E-state index is 12.4. The van der Waals surface area contributed by atoms with Crippen LogP contribution in [0.3, 0.4) is 0 Å². The van der Waals surface area contributed by atoms with Crippen molar-refractivity contribution in [3.8, 4) is 0 Å². The monoisotopic (exact) mass is 569 g/mol. The fraction of sp³-hybridized carbons (Fsp3) is 0.367. The molecule has 40 heavy (non-hydrogen) atoms. The van der Waals surface area contributed by atoms with Crippen molar-refractivity contribution >= 4 is 16.0 Å². The minimum absolute atomic E-state index is 0.00172. The van der Waals surface area contributed by atoms with Crippen molar-refractivity contribution in [3.05, 3.63) is 108 Å². The average Bonchev–Trinajstić information content (AvgIpc) is 2.94. The van der Waals surface area contributed by atoms with E-state index in [4.69, 9.17) is 23.1 Å². The molecular formula is C30H35NO8S. The number of hydrogen-bond acceptors (Lipinski definition) is 8. The zero-order valence-electron chi connectivity index (χ0n) is 22.5. The van der Waals surface area contributed by atoms with Crippen LogP contribution in [0.2, 0.25) is 0 Å². The van der Waals surface area contributed by atoms with Gasteiger partial charge in [-0.25, -0.2) is 0 Å². The third-order valence-corrected chi connectivity index (χ3v) is 6.81. The van der Waals surface area contributed by atoms with Crippen LogP contribution in [0.15, 0.2) is 91.0 Å². The molecule has 0 unspecified atom stereocenters. The van der Waals surface area contributed by atoms with Crippen molar-refractivity contribution in [2.75, 3.05) is 12.9 Å². The summed E-state index contributed by atoms with van der Waals surface area (Å²) in [4.78, 5) is 12.3. The first-order valence-electron chi connectivity index (χ1n) is 13.0. The molecule has 5 atom stereocenters. The Morgan fingerprint density at radius 2 is 1.27 bits per heavy atom. The fourth-order valence-electron chi connectivity index (χ4n) is 4.47. The summed E-state index contributed by atoms with van der Waals surface area (Å²) >= 11 is 0. The Morgan fingerprint density at radius 3 is 1.77 bits per heavy atom. The Bertz CT molecular complexity index is 1290. The van der Waals surface area contributed by atoms with Crippen molar-refractivity contribution in [1.82, 2.24) is 5.32 Å². The minimum Gasteiger partial charge on any atom is -0.374 e. The second-order valence-corrected chi connectivity index (χ2v) is 11.2. The first kappa shape index (κ1) is 29.9. The zero-order chi connectivity index (χ0) is 28.4. The fourth-order valence-corrected chi connectivity index (χ4v) is 5.11. The van der Waals surface area contributed by atoms with Crippen LogP contribution in [-0.2, 0) is 57.9 Å². The summed E-state index contributed by atoms with van der Waals surface area (Å²) in [6.45, 7) is 1.99. The molecule has 0 radical (unpaired) electrons. The normalized spacial score (nSPS) is 23.0. The van der Waals surface area contributed by atoms with Crippen molar-refractivity contribution < 1.29 is 36.3 Å². The lowest BCUT2D eigenvalue weighted by Gasteiger charge is -2.45. The van der Waals surface area contributed by atoms with Gasteiger partial charge in [0.25, 0.3) is 10.1 Å². The lowest BCUT2D eigenvalue weighted by atomic mass is 9.96. The Kier molecular flexibility index (Phi) is 10.8. The van der Waals surface area contributed by atoms with E-state index in [0.29, 0.717) is 0 Å². The van der Waals surface area contributed by atoms with E-state index in [-0.39, 0.29) is 32.3 Å². The van der Waals surface area contributed by atoms with E-state index in [1.54, 1.807) is 0 Å². The number of rotatable bonds is 13. The van der Waals surface area contributed by atoms with Crippen molar-refractivity contribution in [3.63, 3.8) is 0 Å². The highest BCUT2D eigenvalue weighted by molar-refractivity contribution is 7.86. The van der Waals surface area contributed by atoms with E-state index < -0.39 is 40.8 Å². The Balaban J connectivity index is 1.62. The van der Waals surface area contributed by atoms with Gasteiger partial charge in [-0.1, -0.05) is 91.0 Å². The summed E-state index contributed by atoms with van der Waals surface area (Å²) in [6, 6.07) is 27.7. The van der Waals surface area contributed by atoms with Gasteiger partial charge < -0.3 is 24.3 Å². The molecule has 1 amide bonds. The van der Waals surface area contributed by atoms with E-state index in [1.807, 2.05) is 91.0 Å². The number of amides is 1. The molecule has 1 fully saturated rings. The van der Waals surface area contributed by atoms with Gasteiger partial charge in [0.05, 0.1) is 32.7 Å². The molecular weight excluding hydrogens is 534 g/mol. The summed E-state index contributed by atoms with van der Waals surface area (Å²) in [5.74, 6) is -0.355. The predicted molar refractivity (Wildman–Crippen MR) is 148 cm³/mol. The molecule has 4 rings (SSSR count). The molecule has 3 aromatic carbocycles. The minimum atomic E-state index is -3.94. The van der Waals surface area contributed by atoms with Crippen molar-refractivity contribution in [2.24, 2.45) is 0 Å². The van der Waals surface area contributed by atoms with Gasteiger partial charge in [0.1, 0.15) is 24.4 Å². The molecule has 0 spiro atoms. The maximum Gasteiger partial charge on any atom is 0.264 e. The average molecular weight is 570 g/mol. The van der Waals surface area contributed by atoms with Gasteiger partial charge in [-0.15, -0.1) is 0 Å². The molecule has 1 N–H and O–H groups in total. The lowest BCUT2D eigenvalue weighted by Crippen LogP contribution is -2.66. The lowest BCUT2D eigenvalue weighted by molar-refractivity contribution is -0.279. The molecule has 0 bridgehead atoms. The molecule has 10 heteroatoms. The van der Waals surface area contributed by atoms with Crippen LogP contribution in [-0.4, -0.2) is 57.8 Å². The van der Waals surface area contributed by atoms with Crippen LogP contribution in [0.4, 0.5) is 0 Å². The highest BCUT2D eigenvalue weighted by atomic mass is 32.2. The summed E-state index contributed by atoms with van der Waals surface area (Å²) in [6.07, 6.45) is -2.96. The molecule has 214 valence electrons. The summed E-state index contributed by atoms with van der Waals surface area (Å²) in [5.41, 5.74) is 2.72. The zero-order valence-corrected chi connectivity index (χ0v) is 23.4. The molecule has 9 nitrogen and oxygen atoms in total. The Hall–Kier alpha value is -3.12. The third kappa shape index (κ3) is 9.22. The number of carbonyl (C=O) groups is 1. The quantitative estimate of drug-likeness (QED) is 0.311. The van der Waals surface area contributed by atoms with Gasteiger partial charge in [0, 0.05) is 6.92 Å². The predicted octanol–water partition coefficient (Wildman–Crippen LogP) is 3.58. The highest BCUT2D eigenvalue weighted by Gasteiger charge is 2.50. The largest absolute Gasteiger partial charge is 0.374 e. The van der Waals surface area contributed by atoms with E-state index in [0.717, 1.165) is 22.9 Å². The number of ether oxygens (including phenoxy) is 4. The van der Waals surface area contributed by atoms with Crippen LogP contribution in [0, 0.1) is 0 Å². The molecule has 1 heterocycles. The molecule has 0 saturated carbocycles. The number of carbonyl (C=O) groups excluding carboxylic acids is 1. The topological polar surface area (TPSA) is 109 Å². The standard InChI is InChI=1S/C30H35NO8S/c1-22(32)31-27-29(36-19-24-14-8-4-9-15-24)28(39-40(2,33)34)26(21-35-18-23-12-6-3-7-13-23)38-30(27)37-20-25-16-10-5-11-17-25/h3-17,26-30H,18-21H2,1-2H3,(H,31,32)/t26-,27-,28-,29-,30+/m1/s1. The van der Waals surface area contributed by atoms with E-state index in [2.05, 4.69) is 5.32 Å². The van der Waals surface area contributed by atoms with Crippen LogP contribution in [0.25, 0.3) is 0 Å². The summed E-state index contributed by atoms with van der Waals surface area (Å²) in [7, 11) is -3.94. The van der Waals surface area contributed by atoms with E-state index in [1.165, 1.54) is 6.92 Å². The van der Waals surface area contributed by atoms with E-state index in [9.17, 15) is 13.2 Å². The van der Waals surface area contributed by atoms with E-state index >= 15 is 0 Å². The Labute approximate surface area is 235 Å². The maximum atomic E-state index is 12.4. The van der Waals surface area contributed by atoms with Crippen LogP contribution in [0.5, 0.6) is 0 Å². The molecule has 1 aliphatic heterocycles. The first-order chi connectivity index (χ1) is 19.3. The van der Waals surface area contributed by atoms with Gasteiger partial charge in [0.2, 0.25) is 5.91 Å². The Morgan fingerprint density at radius 1 is 0.775 bits per heavy atom. The third-order valence-electron chi connectivity index (χ3n) is 6.24. The van der Waals surface area contributed by atoms with Gasteiger partial charge in [0.15, 0.2) is 6.29 Å². The smallest absolute Gasteiger partial charge is 0.264 e. The summed E-state index contributed by atoms with van der Waals surface area (Å²) in [5, 5.41) is 2.84. The van der Waals surface area contributed by atoms with Gasteiger partial charge in [-0.05, 0) is 16.7 Å². The molecule has 0 aromatic heterocycles. The summed E-state index contributed by atoms with van der Waals surface area (Å²) < 4.78 is 55.0. The number of benzene rings is 3. The molecule has 1 saturated heterocycles. The first-order valence-corrected chi connectivity index (χ1v) is 14.8. The number of hydrogen-bond donors (Lipinski definition) is 1. The highest BCUT2D eigenvalue weighted by Crippen LogP contribution is 2.30. The van der Waals surface area contributed by atoms with Gasteiger partial charge >= 0.3 is 0 Å². The second-order valence-electron chi connectivity index (χ2n) is 9.59. The van der Waals surface area contributed by atoms with Crippen LogP contribution in [0.1, 0.15) is 23.6 Å². The van der Waals surface area contributed by atoms with Crippen LogP contribution >= 0.6 is 0 Å². The second kappa shape index (κ2) is 14.5.